The predicted molar refractivity (Wildman–Crippen MR) is 157 cm³/mol. The maximum atomic E-state index is 3.82. The molecule has 0 fully saturated rings. The molecule has 1 radical (unpaired) electrons. The Bertz CT molecular complexity index is 599. The van der Waals surface area contributed by atoms with Crippen molar-refractivity contribution >= 4 is 207 Å². The van der Waals surface area contributed by atoms with Gasteiger partial charge in [0.2, 0.25) is 0 Å². The fourth-order valence-corrected chi connectivity index (χ4v) is 12.3. The Morgan fingerprint density at radius 3 is 1.36 bits per heavy atom. The molecule has 1 aromatic rings. The van der Waals surface area contributed by atoms with Gasteiger partial charge < -0.3 is 0 Å². The minimum Gasteiger partial charge on any atom is -0.0675 e. The molecule has 0 heterocycles. The van der Waals surface area contributed by atoms with Gasteiger partial charge in [-0.05, 0) is 11.6 Å². The van der Waals surface area contributed by atoms with E-state index in [4.69, 9.17) is 0 Å². The molecule has 0 nitrogen and oxygen atoms in total. The Labute approximate surface area is 256 Å². The van der Waals surface area contributed by atoms with Crippen LogP contribution in [0.4, 0.5) is 0 Å². The molecule has 143 valence electrons. The second-order valence-electron chi connectivity index (χ2n) is 4.65. The number of benzene rings is 1. The maximum absolute atomic E-state index is 3.82. The molecule has 0 aliphatic carbocycles. The first-order valence-electron chi connectivity index (χ1n) is 5.78. The first-order valence-corrected chi connectivity index (χ1v) is 16.1. The molecule has 0 aliphatic heterocycles. The fourth-order valence-electron chi connectivity index (χ4n) is 1.53. The van der Waals surface area contributed by atoms with Gasteiger partial charge in [-0.25, -0.2) is 0 Å². The molecule has 0 atom stereocenters. The number of hydrogen-bond acceptors (Lipinski definition) is 0. The standard InChI is InChI=1S/C12H4Br13/c13-7(14,6-4-2-1-3-5-6)8(15,16)9(17,18)10(19,20)11(21,22)12(23,24)25/h1-4H. The number of halogens is 13. The van der Waals surface area contributed by atoms with Gasteiger partial charge in [-0.2, -0.15) is 0 Å². The zero-order valence-corrected chi connectivity index (χ0v) is 31.8. The van der Waals surface area contributed by atoms with Crippen LogP contribution in [0.25, 0.3) is 0 Å². The van der Waals surface area contributed by atoms with Crippen molar-refractivity contribution in [2.75, 3.05) is 0 Å². The van der Waals surface area contributed by atoms with Crippen molar-refractivity contribution in [2.45, 2.75) is 18.3 Å². The summed E-state index contributed by atoms with van der Waals surface area (Å²) >= 11 is 48.6. The van der Waals surface area contributed by atoms with Gasteiger partial charge in [-0.1, -0.05) is 231 Å². The van der Waals surface area contributed by atoms with Gasteiger partial charge in [0.25, 0.3) is 0 Å². The highest BCUT2D eigenvalue weighted by Crippen LogP contribution is 2.75. The Balaban J connectivity index is 3.54. The monoisotopic (exact) mass is 1170 g/mol. The molecular formula is C12H4Br13. The van der Waals surface area contributed by atoms with Crippen LogP contribution in [0.1, 0.15) is 5.56 Å². The SMILES string of the molecule is BrC(Br)(Br)C(Br)(Br)C(Br)(Br)C(Br)(Br)C(Br)(Br)C(Br)(Br)c1[c]cccc1. The molecule has 13 heteroatoms. The third-order valence-electron chi connectivity index (χ3n) is 2.98. The molecule has 0 saturated heterocycles. The van der Waals surface area contributed by atoms with Crippen molar-refractivity contribution in [2.24, 2.45) is 0 Å². The summed E-state index contributed by atoms with van der Waals surface area (Å²) in [5, 5.41) is 0. The second kappa shape index (κ2) is 9.75. The largest absolute Gasteiger partial charge is 0.162 e. The average Bonchev–Trinajstić information content (AvgIpc) is 2.46. The normalized spacial score (nSPS) is 15.4. The first-order chi connectivity index (χ1) is 10.9. The molecular weight excluding hydrogens is 1180 g/mol. The summed E-state index contributed by atoms with van der Waals surface area (Å²) in [7, 11) is 0. The lowest BCUT2D eigenvalue weighted by Crippen LogP contribution is -2.62. The smallest absolute Gasteiger partial charge is 0.0675 e. The fraction of sp³-hybridized carbons (Fsp3) is 0.500. The molecule has 0 aliphatic rings. The van der Waals surface area contributed by atoms with E-state index in [0.29, 0.717) is 0 Å². The van der Waals surface area contributed by atoms with Gasteiger partial charge in [0.1, 0.15) is 16.2 Å². The van der Waals surface area contributed by atoms with Gasteiger partial charge in [0.15, 0.2) is 2.14 Å². The Kier molecular flexibility index (Phi) is 11.1. The van der Waals surface area contributed by atoms with Crippen molar-refractivity contribution in [1.29, 1.82) is 0 Å². The highest BCUT2D eigenvalue weighted by Gasteiger charge is 2.73. The zero-order valence-electron chi connectivity index (χ0n) is 11.2. The van der Waals surface area contributed by atoms with E-state index in [0.717, 1.165) is 5.56 Å². The average molecular weight is 1190 g/mol. The summed E-state index contributed by atoms with van der Waals surface area (Å²) in [6.07, 6.45) is 0. The zero-order chi connectivity index (χ0) is 20.1. The highest BCUT2D eigenvalue weighted by atomic mass is 80.0. The van der Waals surface area contributed by atoms with Gasteiger partial charge >= 0.3 is 0 Å². The van der Waals surface area contributed by atoms with Crippen LogP contribution in [0.2, 0.25) is 0 Å². The number of hydrogen-bond donors (Lipinski definition) is 0. The minimum absolute atomic E-state index is 0.726. The molecule has 0 bridgehead atoms. The summed E-state index contributed by atoms with van der Waals surface area (Å²) in [4.78, 5) is 0. The molecule has 0 aromatic heterocycles. The molecule has 0 N–H and O–H groups in total. The van der Waals surface area contributed by atoms with E-state index >= 15 is 0 Å². The van der Waals surface area contributed by atoms with E-state index < -0.39 is 18.3 Å². The van der Waals surface area contributed by atoms with E-state index in [2.05, 4.69) is 213 Å². The molecule has 0 unspecified atom stereocenters. The van der Waals surface area contributed by atoms with E-state index in [9.17, 15) is 0 Å². The summed E-state index contributed by atoms with van der Waals surface area (Å²) in [6.45, 7) is 0. The Hall–Kier alpha value is 5.46. The lowest BCUT2D eigenvalue weighted by molar-refractivity contribution is 0.632. The summed E-state index contributed by atoms with van der Waals surface area (Å²) in [5.74, 6) is 0. The number of rotatable bonds is 5. The van der Waals surface area contributed by atoms with Crippen molar-refractivity contribution in [1.82, 2.24) is 0 Å². The van der Waals surface area contributed by atoms with E-state index in [1.165, 1.54) is 0 Å². The van der Waals surface area contributed by atoms with Crippen LogP contribution < -0.4 is 0 Å². The van der Waals surface area contributed by atoms with Crippen molar-refractivity contribution in [3.8, 4) is 0 Å². The lowest BCUT2D eigenvalue weighted by Gasteiger charge is -2.54. The third-order valence-corrected chi connectivity index (χ3v) is 28.0. The van der Waals surface area contributed by atoms with Crippen LogP contribution in [0, 0.1) is 6.07 Å². The van der Waals surface area contributed by atoms with E-state index in [-0.39, 0.29) is 0 Å². The van der Waals surface area contributed by atoms with Crippen LogP contribution in [0.5, 0.6) is 0 Å². The Morgan fingerprint density at radius 2 is 1.00 bits per heavy atom. The van der Waals surface area contributed by atoms with Gasteiger partial charge in [-0.15, -0.1) is 0 Å². The van der Waals surface area contributed by atoms with Crippen LogP contribution in [0.15, 0.2) is 24.3 Å². The lowest BCUT2D eigenvalue weighted by atomic mass is 10.1. The third kappa shape index (κ3) is 5.35. The van der Waals surface area contributed by atoms with Crippen LogP contribution in [-0.4, -0.2) is 15.1 Å². The quantitative estimate of drug-likeness (QED) is 0.258. The minimum atomic E-state index is -0.885. The molecule has 1 rings (SSSR count). The predicted octanol–water partition coefficient (Wildman–Crippen LogP) is 11.2. The van der Waals surface area contributed by atoms with Gasteiger partial charge in [0.05, 0.1) is 0 Å². The van der Waals surface area contributed by atoms with E-state index in [1.807, 2.05) is 24.3 Å². The highest BCUT2D eigenvalue weighted by molar-refractivity contribution is 9.42. The summed E-state index contributed by atoms with van der Waals surface area (Å²) in [5.41, 5.74) is 0.875. The first kappa shape index (κ1) is 28.5. The Morgan fingerprint density at radius 1 is 0.560 bits per heavy atom. The second-order valence-corrected chi connectivity index (χ2v) is 28.6. The molecule has 1 aromatic carbocycles. The van der Waals surface area contributed by atoms with Crippen LogP contribution in [-0.2, 0) is 3.23 Å². The van der Waals surface area contributed by atoms with Crippen molar-refractivity contribution in [3.05, 3.63) is 35.9 Å². The van der Waals surface area contributed by atoms with Crippen LogP contribution in [0.3, 0.4) is 0 Å². The molecule has 0 saturated carbocycles. The van der Waals surface area contributed by atoms with Crippen LogP contribution >= 0.6 is 207 Å². The summed E-state index contributed by atoms with van der Waals surface area (Å²) < 4.78 is -4.91. The van der Waals surface area contributed by atoms with Crippen molar-refractivity contribution < 1.29 is 0 Å². The molecule has 25 heavy (non-hydrogen) atoms. The van der Waals surface area contributed by atoms with Gasteiger partial charge in [0, 0.05) is 0 Å². The van der Waals surface area contributed by atoms with Gasteiger partial charge in [-0.3, -0.25) is 0 Å². The van der Waals surface area contributed by atoms with E-state index in [1.54, 1.807) is 0 Å². The maximum Gasteiger partial charge on any atom is 0.162 e. The molecule has 0 amide bonds. The van der Waals surface area contributed by atoms with Crippen molar-refractivity contribution in [3.63, 3.8) is 0 Å². The molecule has 0 spiro atoms. The topological polar surface area (TPSA) is 0 Å². The number of alkyl halides is 13. The summed E-state index contributed by atoms with van der Waals surface area (Å²) in [6, 6.07) is 10.9.